The molecule has 7 heteroatoms. The Labute approximate surface area is 101 Å². The molecule has 1 aliphatic carbocycles. The molecule has 1 heterocycles. The summed E-state index contributed by atoms with van der Waals surface area (Å²) >= 11 is 5.44. The third kappa shape index (κ3) is 3.21. The predicted molar refractivity (Wildman–Crippen MR) is 54.9 cm³/mol. The molecular formula is C10H10ClF3N2O. The summed E-state index contributed by atoms with van der Waals surface area (Å²) in [7, 11) is 0. The predicted octanol–water partition coefficient (Wildman–Crippen LogP) is 3.47. The molecule has 3 nitrogen and oxygen atoms in total. The van der Waals surface area contributed by atoms with Crippen LogP contribution in [0.1, 0.15) is 31.4 Å². The smallest absolute Gasteiger partial charge is 0.433 e. The van der Waals surface area contributed by atoms with Crippen LogP contribution in [0.15, 0.2) is 6.07 Å². The monoisotopic (exact) mass is 266 g/mol. The largest absolute Gasteiger partial charge is 0.474 e. The number of alkyl halides is 3. The van der Waals surface area contributed by atoms with Crippen molar-refractivity contribution in [2.45, 2.75) is 38.0 Å². The Balaban J connectivity index is 2.19. The van der Waals surface area contributed by atoms with Crippen LogP contribution in [0.4, 0.5) is 13.2 Å². The summed E-state index contributed by atoms with van der Waals surface area (Å²) in [6.07, 6.45) is -0.889. The topological polar surface area (TPSA) is 35.0 Å². The van der Waals surface area contributed by atoms with Gasteiger partial charge in [0.2, 0.25) is 11.2 Å². The number of ether oxygens (including phenoxy) is 1. The van der Waals surface area contributed by atoms with Crippen LogP contribution < -0.4 is 4.74 Å². The molecule has 1 aromatic rings. The van der Waals surface area contributed by atoms with Crippen molar-refractivity contribution in [2.75, 3.05) is 0 Å². The van der Waals surface area contributed by atoms with Gasteiger partial charge in [0.25, 0.3) is 0 Å². The minimum Gasteiger partial charge on any atom is -0.474 e. The van der Waals surface area contributed by atoms with Gasteiger partial charge in [-0.05, 0) is 37.3 Å². The Morgan fingerprint density at radius 3 is 2.47 bits per heavy atom. The lowest BCUT2D eigenvalue weighted by atomic mass is 10.3. The maximum atomic E-state index is 12.5. The third-order valence-corrected chi connectivity index (χ3v) is 2.72. The van der Waals surface area contributed by atoms with Crippen LogP contribution in [-0.2, 0) is 6.18 Å². The van der Waals surface area contributed by atoms with Crippen molar-refractivity contribution < 1.29 is 17.9 Å². The molecule has 0 bridgehead atoms. The zero-order chi connectivity index (χ0) is 12.5. The van der Waals surface area contributed by atoms with Gasteiger partial charge in [0.1, 0.15) is 6.10 Å². The van der Waals surface area contributed by atoms with Gasteiger partial charge in [-0.3, -0.25) is 0 Å². The van der Waals surface area contributed by atoms with Crippen LogP contribution in [0.25, 0.3) is 0 Å². The summed E-state index contributed by atoms with van der Waals surface area (Å²) in [5, 5.41) is -0.451. The fourth-order valence-corrected chi connectivity index (χ4v) is 1.95. The highest BCUT2D eigenvalue weighted by Crippen LogP contribution is 2.31. The first-order valence-electron chi connectivity index (χ1n) is 5.23. The van der Waals surface area contributed by atoms with Gasteiger partial charge in [-0.1, -0.05) is 0 Å². The van der Waals surface area contributed by atoms with Crippen molar-refractivity contribution >= 4 is 11.6 Å². The Morgan fingerprint density at radius 2 is 1.88 bits per heavy atom. The van der Waals surface area contributed by atoms with E-state index in [1.54, 1.807) is 0 Å². The molecule has 0 unspecified atom stereocenters. The molecule has 0 aromatic carbocycles. The highest BCUT2D eigenvalue weighted by atomic mass is 35.5. The molecule has 94 valence electrons. The first kappa shape index (κ1) is 12.4. The maximum absolute atomic E-state index is 12.5. The molecule has 0 atom stereocenters. The Hall–Kier alpha value is -1.04. The summed E-state index contributed by atoms with van der Waals surface area (Å²) in [4.78, 5) is 6.77. The molecule has 1 aliphatic rings. The van der Waals surface area contributed by atoms with Crippen LogP contribution in [0.5, 0.6) is 5.88 Å². The van der Waals surface area contributed by atoms with Gasteiger partial charge in [0.15, 0.2) is 5.69 Å². The first-order valence-corrected chi connectivity index (χ1v) is 5.61. The average Bonchev–Trinajstić information content (AvgIpc) is 2.68. The van der Waals surface area contributed by atoms with E-state index >= 15 is 0 Å². The molecule has 0 N–H and O–H groups in total. The van der Waals surface area contributed by atoms with E-state index in [1.165, 1.54) is 0 Å². The molecule has 0 radical (unpaired) electrons. The zero-order valence-corrected chi connectivity index (χ0v) is 9.55. The number of hydrogen-bond donors (Lipinski definition) is 0. The minimum absolute atomic E-state index is 0.0675. The molecule has 1 fully saturated rings. The Kier molecular flexibility index (Phi) is 3.42. The summed E-state index contributed by atoms with van der Waals surface area (Å²) in [6.45, 7) is 0. The maximum Gasteiger partial charge on any atom is 0.433 e. The van der Waals surface area contributed by atoms with E-state index in [4.69, 9.17) is 16.3 Å². The van der Waals surface area contributed by atoms with Gasteiger partial charge in [0, 0.05) is 6.07 Å². The summed E-state index contributed by atoms with van der Waals surface area (Å²) in [5.41, 5.74) is -1.08. The lowest BCUT2D eigenvalue weighted by Gasteiger charge is -2.13. The molecule has 1 saturated carbocycles. The normalized spacial score (nSPS) is 17.4. The summed E-state index contributed by atoms with van der Waals surface area (Å²) < 4.78 is 42.7. The van der Waals surface area contributed by atoms with E-state index in [1.807, 2.05) is 0 Å². The number of aromatic nitrogens is 2. The number of halogens is 4. The number of rotatable bonds is 2. The van der Waals surface area contributed by atoms with Crippen molar-refractivity contribution in [1.82, 2.24) is 9.97 Å². The van der Waals surface area contributed by atoms with E-state index in [9.17, 15) is 13.2 Å². The zero-order valence-electron chi connectivity index (χ0n) is 8.80. The van der Waals surface area contributed by atoms with E-state index < -0.39 is 17.2 Å². The van der Waals surface area contributed by atoms with Gasteiger partial charge >= 0.3 is 6.18 Å². The highest BCUT2D eigenvalue weighted by molar-refractivity contribution is 6.28. The molecule has 0 spiro atoms. The van der Waals surface area contributed by atoms with Crippen molar-refractivity contribution in [3.8, 4) is 5.88 Å². The first-order chi connectivity index (χ1) is 7.95. The van der Waals surface area contributed by atoms with Gasteiger partial charge in [-0.2, -0.15) is 18.2 Å². The molecule has 0 amide bonds. The molecule has 0 saturated heterocycles. The van der Waals surface area contributed by atoms with Crippen LogP contribution in [0.3, 0.4) is 0 Å². The third-order valence-electron chi connectivity index (χ3n) is 2.56. The Morgan fingerprint density at radius 1 is 1.24 bits per heavy atom. The number of hydrogen-bond acceptors (Lipinski definition) is 3. The second kappa shape index (κ2) is 4.68. The lowest BCUT2D eigenvalue weighted by molar-refractivity contribution is -0.141. The van der Waals surface area contributed by atoms with Gasteiger partial charge in [-0.25, -0.2) is 4.98 Å². The molecule has 2 rings (SSSR count). The fourth-order valence-electron chi connectivity index (χ4n) is 1.78. The average molecular weight is 267 g/mol. The molecule has 0 aliphatic heterocycles. The van der Waals surface area contributed by atoms with Crippen LogP contribution >= 0.6 is 11.6 Å². The molecular weight excluding hydrogens is 257 g/mol. The summed E-state index contributed by atoms with van der Waals surface area (Å²) in [5.74, 6) is -0.107. The van der Waals surface area contributed by atoms with Gasteiger partial charge in [-0.15, -0.1) is 0 Å². The highest BCUT2D eigenvalue weighted by Gasteiger charge is 2.34. The van der Waals surface area contributed by atoms with Gasteiger partial charge < -0.3 is 4.74 Å². The van der Waals surface area contributed by atoms with Crippen molar-refractivity contribution in [2.24, 2.45) is 0 Å². The second-order valence-electron chi connectivity index (χ2n) is 3.88. The van der Waals surface area contributed by atoms with E-state index in [-0.39, 0.29) is 12.0 Å². The quantitative estimate of drug-likeness (QED) is 0.769. The standard InChI is InChI=1S/C10H10ClF3N2O/c11-9-15-7(10(12,13)14)5-8(16-9)17-6-3-1-2-4-6/h5-6H,1-4H2. The SMILES string of the molecule is FC(F)(F)c1cc(OC2CCCC2)nc(Cl)n1. The second-order valence-corrected chi connectivity index (χ2v) is 4.22. The van der Waals surface area contributed by atoms with E-state index in [0.29, 0.717) is 0 Å². The Bertz CT molecular complexity index is 405. The van der Waals surface area contributed by atoms with E-state index in [0.717, 1.165) is 31.7 Å². The number of nitrogens with zero attached hydrogens (tertiary/aromatic N) is 2. The van der Waals surface area contributed by atoms with Crippen molar-refractivity contribution in [3.63, 3.8) is 0 Å². The van der Waals surface area contributed by atoms with Crippen LogP contribution in [-0.4, -0.2) is 16.1 Å². The minimum atomic E-state index is -4.54. The van der Waals surface area contributed by atoms with E-state index in [2.05, 4.69) is 9.97 Å². The van der Waals surface area contributed by atoms with Crippen LogP contribution in [0, 0.1) is 0 Å². The van der Waals surface area contributed by atoms with Crippen molar-refractivity contribution in [1.29, 1.82) is 0 Å². The summed E-state index contributed by atoms with van der Waals surface area (Å²) in [6, 6.07) is 0.782. The molecule has 1 aromatic heterocycles. The van der Waals surface area contributed by atoms with Crippen LogP contribution in [0.2, 0.25) is 5.28 Å². The molecule has 17 heavy (non-hydrogen) atoms. The van der Waals surface area contributed by atoms with Crippen molar-refractivity contribution in [3.05, 3.63) is 17.0 Å². The lowest BCUT2D eigenvalue weighted by Crippen LogP contribution is -2.14. The van der Waals surface area contributed by atoms with Gasteiger partial charge in [0.05, 0.1) is 0 Å². The fraction of sp³-hybridized carbons (Fsp3) is 0.600.